The Kier molecular flexibility index (Phi) is 3.57. The Bertz CT molecular complexity index is 507. The number of rotatable bonds is 4. The van der Waals surface area contributed by atoms with Crippen molar-refractivity contribution in [3.8, 4) is 23.0 Å². The summed E-state index contributed by atoms with van der Waals surface area (Å²) in [5.41, 5.74) is 0. The molecule has 18 heavy (non-hydrogen) atoms. The summed E-state index contributed by atoms with van der Waals surface area (Å²) in [6, 6.07) is 12.9. The molecule has 0 spiro atoms. The van der Waals surface area contributed by atoms with Crippen LogP contribution in [0.1, 0.15) is 6.92 Å². The summed E-state index contributed by atoms with van der Waals surface area (Å²) in [6.45, 7) is 1.75. The summed E-state index contributed by atoms with van der Waals surface area (Å²) < 4.78 is 11.0. The van der Waals surface area contributed by atoms with Crippen LogP contribution in [0.3, 0.4) is 0 Å². The molecule has 0 heterocycles. The van der Waals surface area contributed by atoms with E-state index in [-0.39, 0.29) is 11.5 Å². The first-order valence-electron chi connectivity index (χ1n) is 5.55. The largest absolute Gasteiger partial charge is 0.508 e. The first-order chi connectivity index (χ1) is 8.63. The standard InChI is InChI=1S/C14H14O4/c1-10(17-13-7-5-11(15)6-8-13)18-14-4-2-3-12(16)9-14/h2-10,15-16H,1H3. The van der Waals surface area contributed by atoms with E-state index in [1.54, 1.807) is 37.3 Å². The van der Waals surface area contributed by atoms with E-state index >= 15 is 0 Å². The van der Waals surface area contributed by atoms with Gasteiger partial charge in [0.2, 0.25) is 6.29 Å². The number of phenolic OH excluding ortho intramolecular Hbond substituents is 2. The van der Waals surface area contributed by atoms with Gasteiger partial charge in [-0.1, -0.05) is 6.07 Å². The lowest BCUT2D eigenvalue weighted by Gasteiger charge is -2.16. The van der Waals surface area contributed by atoms with Crippen molar-refractivity contribution in [1.82, 2.24) is 0 Å². The Morgan fingerprint density at radius 1 is 0.833 bits per heavy atom. The van der Waals surface area contributed by atoms with Crippen molar-refractivity contribution in [1.29, 1.82) is 0 Å². The molecule has 0 saturated heterocycles. The Labute approximate surface area is 105 Å². The van der Waals surface area contributed by atoms with Crippen molar-refractivity contribution in [3.05, 3.63) is 48.5 Å². The molecular weight excluding hydrogens is 232 g/mol. The van der Waals surface area contributed by atoms with Gasteiger partial charge in [-0.05, 0) is 36.4 Å². The number of benzene rings is 2. The fraction of sp³-hybridized carbons (Fsp3) is 0.143. The molecule has 0 amide bonds. The lowest BCUT2D eigenvalue weighted by molar-refractivity contribution is 0.0221. The zero-order valence-corrected chi connectivity index (χ0v) is 9.91. The fourth-order valence-electron chi connectivity index (χ4n) is 1.49. The van der Waals surface area contributed by atoms with Gasteiger partial charge in [-0.25, -0.2) is 0 Å². The summed E-state index contributed by atoms with van der Waals surface area (Å²) in [5.74, 6) is 1.45. The molecule has 1 unspecified atom stereocenters. The maximum absolute atomic E-state index is 9.30. The summed E-state index contributed by atoms with van der Waals surface area (Å²) >= 11 is 0. The van der Waals surface area contributed by atoms with Gasteiger partial charge in [-0.2, -0.15) is 0 Å². The van der Waals surface area contributed by atoms with Crippen molar-refractivity contribution in [3.63, 3.8) is 0 Å². The quantitative estimate of drug-likeness (QED) is 0.814. The average molecular weight is 246 g/mol. The van der Waals surface area contributed by atoms with Crippen LogP contribution in [0, 0.1) is 0 Å². The number of hydrogen-bond acceptors (Lipinski definition) is 4. The van der Waals surface area contributed by atoms with E-state index < -0.39 is 6.29 Å². The van der Waals surface area contributed by atoms with Crippen LogP contribution in [0.4, 0.5) is 0 Å². The van der Waals surface area contributed by atoms with Crippen molar-refractivity contribution in [2.45, 2.75) is 13.2 Å². The van der Waals surface area contributed by atoms with Crippen LogP contribution in [0.2, 0.25) is 0 Å². The summed E-state index contributed by atoms with van der Waals surface area (Å²) in [4.78, 5) is 0. The second-order valence-corrected chi connectivity index (χ2v) is 3.79. The molecule has 0 aliphatic carbocycles. The van der Waals surface area contributed by atoms with E-state index in [4.69, 9.17) is 14.6 Å². The highest BCUT2D eigenvalue weighted by molar-refractivity contribution is 5.32. The number of hydrogen-bond donors (Lipinski definition) is 2. The molecule has 0 bridgehead atoms. The van der Waals surface area contributed by atoms with E-state index in [9.17, 15) is 5.11 Å². The molecule has 0 radical (unpaired) electrons. The zero-order valence-electron chi connectivity index (χ0n) is 9.91. The first-order valence-corrected chi connectivity index (χ1v) is 5.55. The molecule has 4 heteroatoms. The van der Waals surface area contributed by atoms with Crippen LogP contribution in [0.25, 0.3) is 0 Å². The molecule has 2 aromatic rings. The van der Waals surface area contributed by atoms with Crippen molar-refractivity contribution in [2.24, 2.45) is 0 Å². The second kappa shape index (κ2) is 5.31. The van der Waals surface area contributed by atoms with Crippen LogP contribution in [-0.2, 0) is 0 Å². The van der Waals surface area contributed by atoms with E-state index in [1.165, 1.54) is 18.2 Å². The van der Waals surface area contributed by atoms with Gasteiger partial charge in [-0.15, -0.1) is 0 Å². The molecule has 94 valence electrons. The van der Waals surface area contributed by atoms with Crippen molar-refractivity contribution >= 4 is 0 Å². The van der Waals surface area contributed by atoms with Gasteiger partial charge in [0.25, 0.3) is 0 Å². The summed E-state index contributed by atoms with van der Waals surface area (Å²) in [6.07, 6.45) is -0.503. The Morgan fingerprint density at radius 2 is 1.50 bits per heavy atom. The molecule has 2 N–H and O–H groups in total. The SMILES string of the molecule is CC(Oc1ccc(O)cc1)Oc1cccc(O)c1. The van der Waals surface area contributed by atoms with E-state index in [0.29, 0.717) is 11.5 Å². The fourth-order valence-corrected chi connectivity index (χ4v) is 1.49. The number of phenols is 2. The third-order valence-electron chi connectivity index (χ3n) is 2.26. The van der Waals surface area contributed by atoms with Crippen LogP contribution in [0.15, 0.2) is 48.5 Å². The van der Waals surface area contributed by atoms with Gasteiger partial charge in [0.1, 0.15) is 23.0 Å². The van der Waals surface area contributed by atoms with Crippen LogP contribution < -0.4 is 9.47 Å². The molecule has 2 rings (SSSR count). The minimum absolute atomic E-state index is 0.143. The van der Waals surface area contributed by atoms with Crippen LogP contribution >= 0.6 is 0 Å². The van der Waals surface area contributed by atoms with Crippen molar-refractivity contribution in [2.75, 3.05) is 0 Å². The first kappa shape index (κ1) is 12.1. The van der Waals surface area contributed by atoms with Gasteiger partial charge in [0.05, 0.1) is 0 Å². The average Bonchev–Trinajstić information content (AvgIpc) is 2.32. The van der Waals surface area contributed by atoms with Gasteiger partial charge in [0, 0.05) is 13.0 Å². The maximum atomic E-state index is 9.30. The molecule has 0 fully saturated rings. The molecule has 0 aromatic heterocycles. The van der Waals surface area contributed by atoms with E-state index in [0.717, 1.165) is 0 Å². The lowest BCUT2D eigenvalue weighted by atomic mass is 10.3. The minimum Gasteiger partial charge on any atom is -0.508 e. The highest BCUT2D eigenvalue weighted by Gasteiger charge is 2.06. The molecule has 2 aromatic carbocycles. The normalized spacial score (nSPS) is 11.8. The molecule has 0 saturated carbocycles. The van der Waals surface area contributed by atoms with Crippen molar-refractivity contribution < 1.29 is 19.7 Å². The lowest BCUT2D eigenvalue weighted by Crippen LogP contribution is -2.19. The monoisotopic (exact) mass is 246 g/mol. The molecule has 0 aliphatic rings. The third-order valence-corrected chi connectivity index (χ3v) is 2.26. The van der Waals surface area contributed by atoms with Gasteiger partial charge in [-0.3, -0.25) is 0 Å². The maximum Gasteiger partial charge on any atom is 0.238 e. The summed E-state index contributed by atoms with van der Waals surface area (Å²) in [5, 5.41) is 18.4. The predicted molar refractivity (Wildman–Crippen MR) is 66.9 cm³/mol. The highest BCUT2D eigenvalue weighted by atomic mass is 16.7. The molecular formula is C14H14O4. The number of ether oxygens (including phenoxy) is 2. The topological polar surface area (TPSA) is 58.9 Å². The number of aromatic hydroxyl groups is 2. The third kappa shape index (κ3) is 3.31. The smallest absolute Gasteiger partial charge is 0.238 e. The van der Waals surface area contributed by atoms with Gasteiger partial charge in [0.15, 0.2) is 0 Å². The Balaban J connectivity index is 1.96. The molecule has 0 aliphatic heterocycles. The Morgan fingerprint density at radius 3 is 2.17 bits per heavy atom. The second-order valence-electron chi connectivity index (χ2n) is 3.79. The molecule has 4 nitrogen and oxygen atoms in total. The highest BCUT2D eigenvalue weighted by Crippen LogP contribution is 2.21. The molecule has 1 atom stereocenters. The van der Waals surface area contributed by atoms with Gasteiger partial charge >= 0.3 is 0 Å². The predicted octanol–water partition coefficient (Wildman–Crippen LogP) is 2.90. The van der Waals surface area contributed by atoms with Crippen LogP contribution in [0.5, 0.6) is 23.0 Å². The van der Waals surface area contributed by atoms with Crippen LogP contribution in [-0.4, -0.2) is 16.5 Å². The summed E-state index contributed by atoms with van der Waals surface area (Å²) in [7, 11) is 0. The zero-order chi connectivity index (χ0) is 13.0. The van der Waals surface area contributed by atoms with Gasteiger partial charge < -0.3 is 19.7 Å². The Hall–Kier alpha value is -2.36. The van der Waals surface area contributed by atoms with E-state index in [2.05, 4.69) is 0 Å². The van der Waals surface area contributed by atoms with E-state index in [1.807, 2.05) is 0 Å². The minimum atomic E-state index is -0.503.